The van der Waals surface area contributed by atoms with Gasteiger partial charge in [-0.3, -0.25) is 9.69 Å². The third-order valence-corrected chi connectivity index (χ3v) is 4.71. The number of anilines is 2. The zero-order valence-electron chi connectivity index (χ0n) is 15.3. The van der Waals surface area contributed by atoms with Gasteiger partial charge in [-0.25, -0.2) is 4.98 Å². The van der Waals surface area contributed by atoms with Crippen LogP contribution in [0.1, 0.15) is 18.1 Å². The van der Waals surface area contributed by atoms with Crippen LogP contribution in [0.2, 0.25) is 0 Å². The Balaban J connectivity index is 1.51. The fourth-order valence-corrected chi connectivity index (χ4v) is 3.28. The van der Waals surface area contributed by atoms with Crippen LogP contribution in [0.25, 0.3) is 0 Å². The lowest BCUT2D eigenvalue weighted by molar-refractivity contribution is -0.117. The molecule has 1 saturated heterocycles. The first-order chi connectivity index (χ1) is 12.1. The number of imidazole rings is 1. The Morgan fingerprint density at radius 1 is 1.20 bits per heavy atom. The van der Waals surface area contributed by atoms with E-state index in [0.717, 1.165) is 49.9 Å². The van der Waals surface area contributed by atoms with Crippen LogP contribution in [0.15, 0.2) is 30.6 Å². The predicted molar refractivity (Wildman–Crippen MR) is 101 cm³/mol. The Morgan fingerprint density at radius 2 is 1.96 bits per heavy atom. The molecular formula is C19H27N5O. The monoisotopic (exact) mass is 341 g/mol. The normalized spacial score (nSPS) is 15.4. The molecular weight excluding hydrogens is 314 g/mol. The third-order valence-electron chi connectivity index (χ3n) is 4.71. The third kappa shape index (κ3) is 4.20. The fraction of sp³-hybridized carbons (Fsp3) is 0.474. The lowest BCUT2D eigenvalue weighted by Crippen LogP contribution is -2.49. The summed E-state index contributed by atoms with van der Waals surface area (Å²) in [5.74, 6) is 1.08. The summed E-state index contributed by atoms with van der Waals surface area (Å²) in [4.78, 5) is 21.3. The van der Waals surface area contributed by atoms with Gasteiger partial charge in [0.05, 0.1) is 6.54 Å². The summed E-state index contributed by atoms with van der Waals surface area (Å²) in [6, 6.07) is 6.09. The highest BCUT2D eigenvalue weighted by molar-refractivity contribution is 5.93. The molecule has 1 N–H and O–H groups in total. The van der Waals surface area contributed by atoms with Crippen LogP contribution in [0.5, 0.6) is 0 Å². The molecule has 6 heteroatoms. The van der Waals surface area contributed by atoms with E-state index in [1.54, 1.807) is 0 Å². The van der Waals surface area contributed by atoms with Gasteiger partial charge in [-0.05, 0) is 32.4 Å². The predicted octanol–water partition coefficient (Wildman–Crippen LogP) is 2.28. The van der Waals surface area contributed by atoms with Crippen LogP contribution >= 0.6 is 0 Å². The highest BCUT2D eigenvalue weighted by atomic mass is 16.2. The fourth-order valence-electron chi connectivity index (χ4n) is 3.28. The summed E-state index contributed by atoms with van der Waals surface area (Å²) in [6.07, 6.45) is 3.86. The van der Waals surface area contributed by atoms with Crippen molar-refractivity contribution < 1.29 is 4.79 Å². The summed E-state index contributed by atoms with van der Waals surface area (Å²) >= 11 is 0. The van der Waals surface area contributed by atoms with Crippen molar-refractivity contribution in [2.24, 2.45) is 0 Å². The lowest BCUT2D eigenvalue weighted by Gasteiger charge is -2.35. The second-order valence-corrected chi connectivity index (χ2v) is 6.64. The zero-order valence-corrected chi connectivity index (χ0v) is 15.3. The van der Waals surface area contributed by atoms with Crippen molar-refractivity contribution in [2.75, 3.05) is 42.9 Å². The molecule has 0 aliphatic carbocycles. The Labute approximate surface area is 149 Å². The molecule has 2 aromatic rings. The van der Waals surface area contributed by atoms with E-state index >= 15 is 0 Å². The van der Waals surface area contributed by atoms with Gasteiger partial charge in [0.1, 0.15) is 0 Å². The highest BCUT2D eigenvalue weighted by Crippen LogP contribution is 2.17. The van der Waals surface area contributed by atoms with Gasteiger partial charge in [0, 0.05) is 50.8 Å². The number of piperazine rings is 1. The number of aryl methyl sites for hydroxylation is 3. The molecule has 134 valence electrons. The first-order valence-corrected chi connectivity index (χ1v) is 8.92. The van der Waals surface area contributed by atoms with Crippen LogP contribution in [0, 0.1) is 13.8 Å². The van der Waals surface area contributed by atoms with Crippen molar-refractivity contribution in [1.29, 1.82) is 0 Å². The van der Waals surface area contributed by atoms with E-state index in [1.165, 1.54) is 5.56 Å². The number of nitrogens with zero attached hydrogens (tertiary/aromatic N) is 4. The van der Waals surface area contributed by atoms with Gasteiger partial charge in [0.25, 0.3) is 0 Å². The molecule has 25 heavy (non-hydrogen) atoms. The van der Waals surface area contributed by atoms with E-state index in [1.807, 2.05) is 31.5 Å². The van der Waals surface area contributed by atoms with Crippen molar-refractivity contribution in [3.63, 3.8) is 0 Å². The summed E-state index contributed by atoms with van der Waals surface area (Å²) < 4.78 is 2.16. The van der Waals surface area contributed by atoms with E-state index in [2.05, 4.69) is 44.6 Å². The second-order valence-electron chi connectivity index (χ2n) is 6.64. The van der Waals surface area contributed by atoms with Crippen LogP contribution < -0.4 is 10.2 Å². The number of amides is 1. The number of benzene rings is 1. The summed E-state index contributed by atoms with van der Waals surface area (Å²) in [7, 11) is 0. The lowest BCUT2D eigenvalue weighted by atomic mass is 10.1. The number of carbonyl (C=O) groups is 1. The van der Waals surface area contributed by atoms with Gasteiger partial charge in [-0.2, -0.15) is 0 Å². The molecule has 0 bridgehead atoms. The molecule has 0 saturated carbocycles. The SMILES string of the molecule is CCn1ccnc1N1CCN(CC(=O)Nc2ccc(C)cc2C)CC1. The first kappa shape index (κ1) is 17.5. The topological polar surface area (TPSA) is 53.4 Å². The van der Waals surface area contributed by atoms with Gasteiger partial charge in [-0.1, -0.05) is 17.7 Å². The number of nitrogens with one attached hydrogen (secondary N) is 1. The van der Waals surface area contributed by atoms with Crippen LogP contribution in [-0.4, -0.2) is 53.1 Å². The second kappa shape index (κ2) is 7.70. The Bertz CT molecular complexity index is 731. The Hall–Kier alpha value is -2.34. The van der Waals surface area contributed by atoms with Crippen molar-refractivity contribution in [2.45, 2.75) is 27.3 Å². The number of hydrogen-bond acceptors (Lipinski definition) is 4. The smallest absolute Gasteiger partial charge is 0.238 e. The van der Waals surface area contributed by atoms with Crippen LogP contribution in [0.3, 0.4) is 0 Å². The summed E-state index contributed by atoms with van der Waals surface area (Å²) in [5.41, 5.74) is 3.21. The number of aromatic nitrogens is 2. The summed E-state index contributed by atoms with van der Waals surface area (Å²) in [6.45, 7) is 11.1. The standard InChI is InChI=1S/C19H27N5O/c1-4-23-8-7-20-19(23)24-11-9-22(10-12-24)14-18(25)21-17-6-5-15(2)13-16(17)3/h5-8,13H,4,9-12,14H2,1-3H3,(H,21,25). The molecule has 0 unspecified atom stereocenters. The van der Waals surface area contributed by atoms with E-state index in [4.69, 9.17) is 0 Å². The molecule has 1 aliphatic rings. The zero-order chi connectivity index (χ0) is 17.8. The number of carbonyl (C=O) groups excluding carboxylic acids is 1. The maximum Gasteiger partial charge on any atom is 0.238 e. The van der Waals surface area contributed by atoms with Gasteiger partial charge in [0.2, 0.25) is 11.9 Å². The van der Waals surface area contributed by atoms with Gasteiger partial charge in [-0.15, -0.1) is 0 Å². The molecule has 1 fully saturated rings. The highest BCUT2D eigenvalue weighted by Gasteiger charge is 2.21. The quantitative estimate of drug-likeness (QED) is 0.906. The van der Waals surface area contributed by atoms with Gasteiger partial charge in [0.15, 0.2) is 0 Å². The van der Waals surface area contributed by atoms with E-state index in [0.29, 0.717) is 6.54 Å². The molecule has 0 spiro atoms. The van der Waals surface area contributed by atoms with Gasteiger partial charge >= 0.3 is 0 Å². The van der Waals surface area contributed by atoms with E-state index in [-0.39, 0.29) is 5.91 Å². The van der Waals surface area contributed by atoms with E-state index in [9.17, 15) is 4.79 Å². The molecule has 0 radical (unpaired) electrons. The maximum absolute atomic E-state index is 12.3. The summed E-state index contributed by atoms with van der Waals surface area (Å²) in [5, 5.41) is 3.03. The number of hydrogen-bond donors (Lipinski definition) is 1. The molecule has 3 rings (SSSR count). The molecule has 1 aromatic carbocycles. The molecule has 1 aromatic heterocycles. The Morgan fingerprint density at radius 3 is 2.64 bits per heavy atom. The molecule has 1 aliphatic heterocycles. The largest absolute Gasteiger partial charge is 0.340 e. The number of rotatable bonds is 5. The minimum Gasteiger partial charge on any atom is -0.340 e. The van der Waals surface area contributed by atoms with Crippen molar-refractivity contribution >= 4 is 17.5 Å². The molecule has 2 heterocycles. The van der Waals surface area contributed by atoms with Crippen LogP contribution in [0.4, 0.5) is 11.6 Å². The first-order valence-electron chi connectivity index (χ1n) is 8.92. The Kier molecular flexibility index (Phi) is 5.38. The van der Waals surface area contributed by atoms with Crippen molar-refractivity contribution in [3.8, 4) is 0 Å². The van der Waals surface area contributed by atoms with Crippen LogP contribution in [-0.2, 0) is 11.3 Å². The van der Waals surface area contributed by atoms with E-state index < -0.39 is 0 Å². The molecule has 1 amide bonds. The van der Waals surface area contributed by atoms with Crippen molar-refractivity contribution in [1.82, 2.24) is 14.5 Å². The minimum atomic E-state index is 0.0514. The average molecular weight is 341 g/mol. The molecule has 0 atom stereocenters. The van der Waals surface area contributed by atoms with Gasteiger partial charge < -0.3 is 14.8 Å². The molecule has 6 nitrogen and oxygen atoms in total. The van der Waals surface area contributed by atoms with Crippen molar-refractivity contribution in [3.05, 3.63) is 41.7 Å². The maximum atomic E-state index is 12.3. The average Bonchev–Trinajstić information content (AvgIpc) is 3.07. The minimum absolute atomic E-state index is 0.0514.